The zero-order valence-corrected chi connectivity index (χ0v) is 6.95. The number of hydrogen-bond acceptors (Lipinski definition) is 4. The minimum absolute atomic E-state index is 0.0560. The van der Waals surface area contributed by atoms with E-state index in [1.165, 1.54) is 0 Å². The molecule has 0 bridgehead atoms. The van der Waals surface area contributed by atoms with E-state index in [0.29, 0.717) is 0 Å². The molecule has 4 nitrogen and oxygen atoms in total. The molecular formula is C7H16O4. The highest BCUT2D eigenvalue weighted by atomic mass is 16.5. The van der Waals surface area contributed by atoms with Crippen LogP contribution >= 0.6 is 0 Å². The maximum Gasteiger partial charge on any atom is 0.100 e. The van der Waals surface area contributed by atoms with Crippen LogP contribution in [0.25, 0.3) is 0 Å². The van der Waals surface area contributed by atoms with Gasteiger partial charge in [-0.1, -0.05) is 0 Å². The highest BCUT2D eigenvalue weighted by Gasteiger charge is 2.13. The first-order valence-electron chi connectivity index (χ1n) is 3.55. The van der Waals surface area contributed by atoms with Crippen LogP contribution < -0.4 is 0 Å². The summed E-state index contributed by atoms with van der Waals surface area (Å²) in [5.41, 5.74) is -0.880. The summed E-state index contributed by atoms with van der Waals surface area (Å²) >= 11 is 0. The Morgan fingerprint density at radius 3 is 2.36 bits per heavy atom. The first kappa shape index (κ1) is 10.8. The van der Waals surface area contributed by atoms with Gasteiger partial charge in [0.1, 0.15) is 6.10 Å². The van der Waals surface area contributed by atoms with Gasteiger partial charge in [0.2, 0.25) is 0 Å². The lowest BCUT2D eigenvalue weighted by molar-refractivity contribution is -0.0551. The predicted octanol–water partition coefficient (Wildman–Crippen LogP) is -0.873. The van der Waals surface area contributed by atoms with E-state index in [1.54, 1.807) is 13.8 Å². The van der Waals surface area contributed by atoms with Crippen molar-refractivity contribution in [3.8, 4) is 0 Å². The van der Waals surface area contributed by atoms with Gasteiger partial charge < -0.3 is 20.1 Å². The van der Waals surface area contributed by atoms with Gasteiger partial charge in [0, 0.05) is 0 Å². The van der Waals surface area contributed by atoms with Crippen molar-refractivity contribution in [1.82, 2.24) is 0 Å². The summed E-state index contributed by atoms with van der Waals surface area (Å²) in [6.45, 7) is 3.12. The Kier molecular flexibility index (Phi) is 4.60. The van der Waals surface area contributed by atoms with Gasteiger partial charge in [-0.2, -0.15) is 0 Å². The second-order valence-corrected chi connectivity index (χ2v) is 3.16. The average Bonchev–Trinajstić information content (AvgIpc) is 1.85. The van der Waals surface area contributed by atoms with Crippen LogP contribution in [0.3, 0.4) is 0 Å². The van der Waals surface area contributed by atoms with E-state index in [2.05, 4.69) is 0 Å². The Labute approximate surface area is 66.4 Å². The zero-order chi connectivity index (χ0) is 8.91. The van der Waals surface area contributed by atoms with Gasteiger partial charge in [-0.05, 0) is 13.8 Å². The van der Waals surface area contributed by atoms with Gasteiger partial charge in [-0.3, -0.25) is 0 Å². The van der Waals surface area contributed by atoms with E-state index >= 15 is 0 Å². The fourth-order valence-corrected chi connectivity index (χ4v) is 0.497. The smallest absolute Gasteiger partial charge is 0.100 e. The van der Waals surface area contributed by atoms with Crippen molar-refractivity contribution in [2.75, 3.05) is 19.8 Å². The summed E-state index contributed by atoms with van der Waals surface area (Å²) < 4.78 is 4.89. The molecule has 3 N–H and O–H groups in total. The minimum atomic E-state index is -0.880. The van der Waals surface area contributed by atoms with E-state index in [1.807, 2.05) is 0 Å². The Hall–Kier alpha value is -0.160. The van der Waals surface area contributed by atoms with Gasteiger partial charge in [0.15, 0.2) is 0 Å². The van der Waals surface area contributed by atoms with Crippen molar-refractivity contribution in [1.29, 1.82) is 0 Å². The normalized spacial score (nSPS) is 15.0. The maximum atomic E-state index is 9.13. The van der Waals surface area contributed by atoms with E-state index in [9.17, 15) is 0 Å². The summed E-state index contributed by atoms with van der Waals surface area (Å²) in [7, 11) is 0. The standard InChI is InChI=1S/C7H16O4/c1-7(2,10)5-11-4-6(9)3-8/h6,8-10H,3-5H2,1-2H3. The van der Waals surface area contributed by atoms with Gasteiger partial charge in [-0.15, -0.1) is 0 Å². The van der Waals surface area contributed by atoms with Crippen molar-refractivity contribution in [3.63, 3.8) is 0 Å². The fraction of sp³-hybridized carbons (Fsp3) is 1.00. The first-order chi connectivity index (χ1) is 4.95. The van der Waals surface area contributed by atoms with Crippen LogP contribution in [0.15, 0.2) is 0 Å². The molecule has 0 aromatic heterocycles. The number of ether oxygens (including phenoxy) is 1. The van der Waals surface area contributed by atoms with Gasteiger partial charge >= 0.3 is 0 Å². The highest BCUT2D eigenvalue weighted by molar-refractivity contribution is 4.63. The summed E-state index contributed by atoms with van der Waals surface area (Å²) in [6, 6.07) is 0. The molecule has 68 valence electrons. The minimum Gasteiger partial charge on any atom is -0.394 e. The molecule has 0 spiro atoms. The summed E-state index contributed by atoms with van der Waals surface area (Å²) in [5, 5.41) is 26.3. The lowest BCUT2D eigenvalue weighted by Gasteiger charge is -2.17. The lowest BCUT2D eigenvalue weighted by atomic mass is 10.2. The van der Waals surface area contributed by atoms with E-state index < -0.39 is 11.7 Å². The molecule has 0 fully saturated rings. The Morgan fingerprint density at radius 1 is 1.45 bits per heavy atom. The Bertz CT molecular complexity index is 97.1. The summed E-state index contributed by atoms with van der Waals surface area (Å²) in [6.07, 6.45) is -0.850. The fourth-order valence-electron chi connectivity index (χ4n) is 0.497. The molecule has 0 aromatic rings. The Morgan fingerprint density at radius 2 is 2.00 bits per heavy atom. The van der Waals surface area contributed by atoms with Gasteiger partial charge in [0.05, 0.1) is 25.4 Å². The molecule has 1 atom stereocenters. The van der Waals surface area contributed by atoms with Crippen molar-refractivity contribution in [2.45, 2.75) is 25.6 Å². The van der Waals surface area contributed by atoms with Crippen LogP contribution in [0, 0.1) is 0 Å². The molecule has 0 aliphatic rings. The number of hydrogen-bond donors (Lipinski definition) is 3. The topological polar surface area (TPSA) is 69.9 Å². The molecular weight excluding hydrogens is 148 g/mol. The molecule has 11 heavy (non-hydrogen) atoms. The maximum absolute atomic E-state index is 9.13. The monoisotopic (exact) mass is 164 g/mol. The molecule has 0 aliphatic heterocycles. The summed E-state index contributed by atoms with van der Waals surface area (Å²) in [4.78, 5) is 0. The largest absolute Gasteiger partial charge is 0.394 e. The second-order valence-electron chi connectivity index (χ2n) is 3.16. The van der Waals surface area contributed by atoms with Crippen LogP contribution in [0.2, 0.25) is 0 Å². The third kappa shape index (κ3) is 7.74. The molecule has 0 heterocycles. The molecule has 0 aliphatic carbocycles. The molecule has 4 heteroatoms. The Balaban J connectivity index is 3.28. The predicted molar refractivity (Wildman–Crippen MR) is 40.2 cm³/mol. The van der Waals surface area contributed by atoms with Crippen molar-refractivity contribution >= 4 is 0 Å². The van der Waals surface area contributed by atoms with Gasteiger partial charge in [-0.25, -0.2) is 0 Å². The van der Waals surface area contributed by atoms with Crippen LogP contribution in [0.5, 0.6) is 0 Å². The van der Waals surface area contributed by atoms with Crippen LogP contribution in [-0.4, -0.2) is 46.8 Å². The van der Waals surface area contributed by atoms with E-state index in [0.717, 1.165) is 0 Å². The molecule has 1 unspecified atom stereocenters. The number of aliphatic hydroxyl groups excluding tert-OH is 2. The first-order valence-corrected chi connectivity index (χ1v) is 3.55. The molecule has 0 amide bonds. The third-order valence-electron chi connectivity index (χ3n) is 0.976. The van der Waals surface area contributed by atoms with Crippen LogP contribution in [0.1, 0.15) is 13.8 Å². The quantitative estimate of drug-likeness (QED) is 0.494. The van der Waals surface area contributed by atoms with Crippen molar-refractivity contribution < 1.29 is 20.1 Å². The molecule has 0 saturated heterocycles. The number of rotatable bonds is 5. The lowest BCUT2D eigenvalue weighted by Crippen LogP contribution is -2.29. The molecule has 0 rings (SSSR count). The van der Waals surface area contributed by atoms with E-state index in [4.69, 9.17) is 20.1 Å². The SMILES string of the molecule is CC(C)(O)COCC(O)CO. The molecule has 0 radical (unpaired) electrons. The van der Waals surface area contributed by atoms with E-state index in [-0.39, 0.29) is 19.8 Å². The zero-order valence-electron chi connectivity index (χ0n) is 6.95. The average molecular weight is 164 g/mol. The molecule has 0 aromatic carbocycles. The molecule has 0 saturated carbocycles. The summed E-state index contributed by atoms with van der Waals surface area (Å²) in [5.74, 6) is 0. The third-order valence-corrected chi connectivity index (χ3v) is 0.976. The van der Waals surface area contributed by atoms with Crippen LogP contribution in [-0.2, 0) is 4.74 Å². The number of aliphatic hydroxyl groups is 3. The van der Waals surface area contributed by atoms with Crippen molar-refractivity contribution in [2.24, 2.45) is 0 Å². The van der Waals surface area contributed by atoms with Crippen LogP contribution in [0.4, 0.5) is 0 Å². The highest BCUT2D eigenvalue weighted by Crippen LogP contribution is 2.00. The van der Waals surface area contributed by atoms with Crippen molar-refractivity contribution in [3.05, 3.63) is 0 Å². The van der Waals surface area contributed by atoms with Gasteiger partial charge in [0.25, 0.3) is 0 Å². The second kappa shape index (κ2) is 4.66.